The third-order valence-corrected chi connectivity index (χ3v) is 9.74. The summed E-state index contributed by atoms with van der Waals surface area (Å²) >= 11 is 5.96. The SMILES string of the molecule is CCCCCCCCCCCCC(CCC[Si](OC)(OC)OC)C[N+](C)(C)CCCCl.[Cl-]. The van der Waals surface area contributed by atoms with E-state index >= 15 is 0 Å². The monoisotopic (exact) mass is 515 g/mol. The quantitative estimate of drug-likeness (QED) is 0.0878. The van der Waals surface area contributed by atoms with Crippen LogP contribution in [0.1, 0.15) is 96.8 Å². The molecule has 0 rings (SSSR count). The van der Waals surface area contributed by atoms with Crippen molar-refractivity contribution in [2.75, 3.05) is 54.4 Å². The van der Waals surface area contributed by atoms with E-state index in [0.29, 0.717) is 0 Å². The Morgan fingerprint density at radius 1 is 0.719 bits per heavy atom. The van der Waals surface area contributed by atoms with Gasteiger partial charge in [0.15, 0.2) is 0 Å². The van der Waals surface area contributed by atoms with Gasteiger partial charge < -0.3 is 30.2 Å². The molecule has 0 fully saturated rings. The molecule has 0 aromatic rings. The van der Waals surface area contributed by atoms with Crippen molar-refractivity contribution in [3.63, 3.8) is 0 Å². The lowest BCUT2D eigenvalue weighted by molar-refractivity contribution is -0.893. The van der Waals surface area contributed by atoms with Crippen LogP contribution in [0.25, 0.3) is 0 Å². The Balaban J connectivity index is 0. The topological polar surface area (TPSA) is 27.7 Å². The highest BCUT2D eigenvalue weighted by atomic mass is 35.5. The van der Waals surface area contributed by atoms with Gasteiger partial charge in [0.1, 0.15) is 0 Å². The summed E-state index contributed by atoms with van der Waals surface area (Å²) in [4.78, 5) is 0. The highest BCUT2D eigenvalue weighted by molar-refractivity contribution is 6.60. The van der Waals surface area contributed by atoms with Crippen LogP contribution in [-0.2, 0) is 13.3 Å². The van der Waals surface area contributed by atoms with Gasteiger partial charge in [-0.2, -0.15) is 0 Å². The van der Waals surface area contributed by atoms with E-state index in [4.69, 9.17) is 24.9 Å². The fraction of sp³-hybridized carbons (Fsp3) is 1.00. The summed E-state index contributed by atoms with van der Waals surface area (Å²) in [5, 5.41) is 0. The number of nitrogens with zero attached hydrogens (tertiary/aromatic N) is 1. The summed E-state index contributed by atoms with van der Waals surface area (Å²) in [5.74, 6) is 1.51. The van der Waals surface area contributed by atoms with Crippen LogP contribution in [0.2, 0.25) is 6.04 Å². The van der Waals surface area contributed by atoms with Crippen molar-refractivity contribution in [3.8, 4) is 0 Å². The fourth-order valence-corrected chi connectivity index (χ4v) is 6.56. The largest absolute Gasteiger partial charge is 1.00 e. The average Bonchev–Trinajstić information content (AvgIpc) is 2.76. The highest BCUT2D eigenvalue weighted by Gasteiger charge is 2.37. The predicted molar refractivity (Wildman–Crippen MR) is 138 cm³/mol. The molecule has 4 nitrogen and oxygen atoms in total. The molecule has 0 radical (unpaired) electrons. The van der Waals surface area contributed by atoms with Gasteiger partial charge in [0, 0.05) is 45.6 Å². The second kappa shape index (κ2) is 22.1. The van der Waals surface area contributed by atoms with Crippen LogP contribution in [0.5, 0.6) is 0 Å². The lowest BCUT2D eigenvalue weighted by atomic mass is 9.94. The molecule has 1 atom stereocenters. The third-order valence-electron chi connectivity index (χ3n) is 6.64. The van der Waals surface area contributed by atoms with Crippen molar-refractivity contribution in [3.05, 3.63) is 0 Å². The number of rotatable bonds is 23. The number of alkyl halides is 1. The van der Waals surface area contributed by atoms with Crippen LogP contribution in [-0.4, -0.2) is 67.7 Å². The first-order chi connectivity index (χ1) is 14.9. The summed E-state index contributed by atoms with van der Waals surface area (Å²) in [7, 11) is 7.41. The number of quaternary nitrogens is 1. The van der Waals surface area contributed by atoms with Gasteiger partial charge in [0.05, 0.1) is 27.2 Å². The minimum absolute atomic E-state index is 0. The Labute approximate surface area is 213 Å². The lowest BCUT2D eigenvalue weighted by Gasteiger charge is -2.34. The van der Waals surface area contributed by atoms with Crippen LogP contribution < -0.4 is 12.4 Å². The van der Waals surface area contributed by atoms with Crippen LogP contribution in [0.4, 0.5) is 0 Å². The van der Waals surface area contributed by atoms with Crippen LogP contribution in [0.3, 0.4) is 0 Å². The highest BCUT2D eigenvalue weighted by Crippen LogP contribution is 2.24. The summed E-state index contributed by atoms with van der Waals surface area (Å²) < 4.78 is 17.9. The van der Waals surface area contributed by atoms with E-state index in [1.54, 1.807) is 21.3 Å². The first-order valence-corrected chi connectivity index (χ1v) is 15.4. The molecule has 0 saturated carbocycles. The Hall–Kier alpha value is 0.637. The van der Waals surface area contributed by atoms with Gasteiger partial charge in [-0.3, -0.25) is 0 Å². The van der Waals surface area contributed by atoms with Crippen molar-refractivity contribution in [2.24, 2.45) is 5.92 Å². The van der Waals surface area contributed by atoms with E-state index in [0.717, 1.165) is 41.7 Å². The number of hydrogen-bond acceptors (Lipinski definition) is 3. The molecule has 0 aliphatic heterocycles. The van der Waals surface area contributed by atoms with Crippen molar-refractivity contribution in [2.45, 2.75) is 103 Å². The average molecular weight is 517 g/mol. The van der Waals surface area contributed by atoms with Gasteiger partial charge in [0.25, 0.3) is 0 Å². The minimum Gasteiger partial charge on any atom is -1.00 e. The van der Waals surface area contributed by atoms with E-state index in [1.165, 1.54) is 83.6 Å². The smallest absolute Gasteiger partial charge is 0.500 e. The first kappa shape index (κ1) is 34.8. The Morgan fingerprint density at radius 3 is 1.66 bits per heavy atom. The van der Waals surface area contributed by atoms with Crippen molar-refractivity contribution in [1.29, 1.82) is 0 Å². The number of halogens is 2. The Kier molecular flexibility index (Phi) is 24.1. The van der Waals surface area contributed by atoms with E-state index in [9.17, 15) is 0 Å². The number of hydrogen-bond donors (Lipinski definition) is 0. The maximum absolute atomic E-state index is 5.96. The molecule has 0 aliphatic carbocycles. The van der Waals surface area contributed by atoms with Crippen LogP contribution >= 0.6 is 11.6 Å². The molecule has 32 heavy (non-hydrogen) atoms. The van der Waals surface area contributed by atoms with E-state index in [1.807, 2.05) is 0 Å². The molecule has 0 heterocycles. The van der Waals surface area contributed by atoms with Gasteiger partial charge >= 0.3 is 8.80 Å². The maximum atomic E-state index is 5.96. The zero-order chi connectivity index (χ0) is 23.4. The van der Waals surface area contributed by atoms with E-state index < -0.39 is 8.80 Å². The normalized spacial score (nSPS) is 13.2. The molecule has 0 bridgehead atoms. The molecular formula is C25H55Cl2NO3Si. The van der Waals surface area contributed by atoms with Crippen molar-refractivity contribution >= 4 is 20.4 Å². The first-order valence-electron chi connectivity index (χ1n) is 12.9. The molecule has 0 aliphatic rings. The molecule has 196 valence electrons. The zero-order valence-corrected chi connectivity index (χ0v) is 24.7. The molecule has 0 spiro atoms. The molecule has 7 heteroatoms. The minimum atomic E-state index is -2.45. The van der Waals surface area contributed by atoms with Crippen LogP contribution in [0, 0.1) is 5.92 Å². The van der Waals surface area contributed by atoms with Crippen molar-refractivity contribution < 1.29 is 30.2 Å². The summed E-state index contributed by atoms with van der Waals surface area (Å²) in [6.45, 7) is 4.68. The van der Waals surface area contributed by atoms with Gasteiger partial charge in [-0.1, -0.05) is 71.1 Å². The molecule has 0 aromatic heterocycles. The molecule has 0 saturated heterocycles. The molecular weight excluding hydrogens is 461 g/mol. The zero-order valence-electron chi connectivity index (χ0n) is 22.2. The second-order valence-electron chi connectivity index (χ2n) is 9.91. The molecule has 1 unspecified atom stereocenters. The molecule has 0 N–H and O–H groups in total. The maximum Gasteiger partial charge on any atom is 0.500 e. The van der Waals surface area contributed by atoms with Gasteiger partial charge in [0.2, 0.25) is 0 Å². The predicted octanol–water partition coefficient (Wildman–Crippen LogP) is 4.28. The van der Waals surface area contributed by atoms with Gasteiger partial charge in [-0.25, -0.2) is 0 Å². The fourth-order valence-electron chi connectivity index (χ4n) is 4.69. The Bertz CT molecular complexity index is 391. The molecule has 0 aromatic carbocycles. The van der Waals surface area contributed by atoms with Gasteiger partial charge in [-0.15, -0.1) is 11.6 Å². The van der Waals surface area contributed by atoms with E-state index in [2.05, 4.69) is 21.0 Å². The third kappa shape index (κ3) is 18.0. The Morgan fingerprint density at radius 2 is 1.19 bits per heavy atom. The standard InChI is InChI=1S/C25H55ClNO3Si.ClH/c1-7-8-9-10-11-12-13-14-15-16-19-25(24-27(2,3)22-18-21-26)20-17-23-31(28-4,29-5)30-6;/h25H,7-24H2,1-6H3;1H/q+1;/p-1. The number of unbranched alkanes of at least 4 members (excludes halogenated alkanes) is 9. The molecule has 0 amide bonds. The second-order valence-corrected chi connectivity index (χ2v) is 13.4. The summed E-state index contributed by atoms with van der Waals surface area (Å²) in [6.07, 6.45) is 18.8. The summed E-state index contributed by atoms with van der Waals surface area (Å²) in [6, 6.07) is 0.903. The van der Waals surface area contributed by atoms with Crippen LogP contribution in [0.15, 0.2) is 0 Å². The summed E-state index contributed by atoms with van der Waals surface area (Å²) in [5.41, 5.74) is 0. The lowest BCUT2D eigenvalue weighted by Crippen LogP contribution is -3.00. The van der Waals surface area contributed by atoms with Gasteiger partial charge in [-0.05, 0) is 19.3 Å². The van der Waals surface area contributed by atoms with Crippen molar-refractivity contribution in [1.82, 2.24) is 0 Å². The van der Waals surface area contributed by atoms with E-state index in [-0.39, 0.29) is 12.4 Å².